The summed E-state index contributed by atoms with van der Waals surface area (Å²) in [6.45, 7) is 0. The number of aromatic amines is 2. The first kappa shape index (κ1) is 11.4. The number of nitrogens with one attached hydrogen (secondary N) is 2. The van der Waals surface area contributed by atoms with Crippen LogP contribution in [0.2, 0.25) is 0 Å². The molecule has 0 saturated carbocycles. The Labute approximate surface area is 119 Å². The van der Waals surface area contributed by atoms with E-state index < -0.39 is 0 Å². The summed E-state index contributed by atoms with van der Waals surface area (Å²) < 4.78 is 0. The highest BCUT2D eigenvalue weighted by atomic mass is 14.8. The van der Waals surface area contributed by atoms with Crippen LogP contribution in [0.5, 0.6) is 0 Å². The van der Waals surface area contributed by atoms with Crippen LogP contribution in [0.4, 0.5) is 0 Å². The number of fused-ring (bicyclic) bond motifs is 5. The predicted molar refractivity (Wildman–Crippen MR) is 77.1 cm³/mol. The molecule has 5 heteroatoms. The van der Waals surface area contributed by atoms with Crippen molar-refractivity contribution in [3.05, 3.63) is 47.8 Å². The molecular weight excluding hydrogens is 262 g/mol. The van der Waals surface area contributed by atoms with Crippen molar-refractivity contribution in [1.29, 1.82) is 10.5 Å². The van der Waals surface area contributed by atoms with Gasteiger partial charge in [0.05, 0.1) is 10.9 Å². The van der Waals surface area contributed by atoms with Gasteiger partial charge in [-0.15, -0.1) is 0 Å². The highest BCUT2D eigenvalue weighted by Crippen LogP contribution is 2.29. The van der Waals surface area contributed by atoms with Gasteiger partial charge in [-0.25, -0.2) is 4.98 Å². The van der Waals surface area contributed by atoms with E-state index in [1.807, 2.05) is 48.5 Å². The number of para-hydroxylation sites is 1. The standard InChI is InChI=1S/C16H7N5/c17-7-13-14(8-18)21-16-12(20-13)6-5-11-15(16)9-3-1-2-4-10(9)19-11/h1-6,19H/p+1. The summed E-state index contributed by atoms with van der Waals surface area (Å²) in [5.41, 5.74) is 3.72. The third-order valence-corrected chi connectivity index (χ3v) is 3.59. The molecule has 0 bridgehead atoms. The lowest BCUT2D eigenvalue weighted by atomic mass is 10.1. The molecule has 0 spiro atoms. The molecule has 0 amide bonds. The van der Waals surface area contributed by atoms with E-state index in [2.05, 4.69) is 15.0 Å². The lowest BCUT2D eigenvalue weighted by Gasteiger charge is -1.96. The topological polar surface area (TPSA) is 90.4 Å². The Balaban J connectivity index is 2.28. The SMILES string of the molecule is N#Cc1nc2ccc3[nH]c4ccccc4c3c2[nH+]c1C#N. The van der Waals surface area contributed by atoms with E-state index in [4.69, 9.17) is 10.5 Å². The van der Waals surface area contributed by atoms with Crippen LogP contribution in [0.15, 0.2) is 36.4 Å². The van der Waals surface area contributed by atoms with Gasteiger partial charge in [0.25, 0.3) is 0 Å². The monoisotopic (exact) mass is 270 g/mol. The number of H-pyrrole nitrogens is 2. The van der Waals surface area contributed by atoms with Crippen LogP contribution in [0.1, 0.15) is 11.4 Å². The van der Waals surface area contributed by atoms with Gasteiger partial charge >= 0.3 is 5.69 Å². The van der Waals surface area contributed by atoms with E-state index >= 15 is 0 Å². The smallest absolute Gasteiger partial charge is 0.319 e. The van der Waals surface area contributed by atoms with Crippen molar-refractivity contribution < 1.29 is 4.98 Å². The fourth-order valence-corrected chi connectivity index (χ4v) is 2.67. The van der Waals surface area contributed by atoms with Gasteiger partial charge < -0.3 is 4.98 Å². The van der Waals surface area contributed by atoms with E-state index in [1.54, 1.807) is 0 Å². The van der Waals surface area contributed by atoms with Crippen molar-refractivity contribution in [2.75, 3.05) is 0 Å². The molecular formula is C16H8N5+. The molecule has 5 nitrogen and oxygen atoms in total. The van der Waals surface area contributed by atoms with Crippen molar-refractivity contribution >= 4 is 32.8 Å². The maximum Gasteiger partial charge on any atom is 0.319 e. The van der Waals surface area contributed by atoms with Crippen molar-refractivity contribution in [2.45, 2.75) is 0 Å². The lowest BCUT2D eigenvalue weighted by molar-refractivity contribution is -0.348. The number of hydrogen-bond acceptors (Lipinski definition) is 3. The molecule has 0 radical (unpaired) electrons. The Morgan fingerprint density at radius 2 is 1.86 bits per heavy atom. The van der Waals surface area contributed by atoms with Crippen LogP contribution >= 0.6 is 0 Å². The summed E-state index contributed by atoms with van der Waals surface area (Å²) in [4.78, 5) is 10.7. The number of nitrogens with zero attached hydrogens (tertiary/aromatic N) is 3. The van der Waals surface area contributed by atoms with E-state index in [0.717, 1.165) is 27.3 Å². The largest absolute Gasteiger partial charge is 0.354 e. The normalized spacial score (nSPS) is 10.8. The second-order valence-corrected chi connectivity index (χ2v) is 4.74. The molecule has 0 unspecified atom stereocenters. The summed E-state index contributed by atoms with van der Waals surface area (Å²) in [6, 6.07) is 15.7. The highest BCUT2D eigenvalue weighted by molar-refractivity contribution is 6.17. The summed E-state index contributed by atoms with van der Waals surface area (Å²) in [5, 5.41) is 20.3. The van der Waals surface area contributed by atoms with Crippen LogP contribution in [-0.2, 0) is 0 Å². The fourth-order valence-electron chi connectivity index (χ4n) is 2.67. The second-order valence-electron chi connectivity index (χ2n) is 4.74. The molecule has 2 aromatic heterocycles. The van der Waals surface area contributed by atoms with Gasteiger partial charge in [-0.2, -0.15) is 15.5 Å². The Kier molecular flexibility index (Phi) is 2.18. The maximum atomic E-state index is 9.16. The number of aromatic nitrogens is 3. The van der Waals surface area contributed by atoms with Gasteiger partial charge in [0.1, 0.15) is 11.6 Å². The fraction of sp³-hybridized carbons (Fsp3) is 0. The van der Waals surface area contributed by atoms with E-state index in [1.165, 1.54) is 0 Å². The van der Waals surface area contributed by atoms with Gasteiger partial charge in [0.2, 0.25) is 11.2 Å². The van der Waals surface area contributed by atoms with Crippen molar-refractivity contribution in [1.82, 2.24) is 9.97 Å². The number of nitriles is 2. The Hall–Kier alpha value is -3.44. The Bertz CT molecular complexity index is 1110. The number of hydrogen-bond donors (Lipinski definition) is 1. The average Bonchev–Trinajstić information content (AvgIpc) is 2.92. The highest BCUT2D eigenvalue weighted by Gasteiger charge is 2.19. The van der Waals surface area contributed by atoms with Crippen LogP contribution in [0.3, 0.4) is 0 Å². The minimum absolute atomic E-state index is 0.115. The third kappa shape index (κ3) is 1.49. The molecule has 0 saturated heterocycles. The van der Waals surface area contributed by atoms with Gasteiger partial charge in [0, 0.05) is 10.9 Å². The van der Waals surface area contributed by atoms with Crippen molar-refractivity contribution in [3.8, 4) is 12.1 Å². The van der Waals surface area contributed by atoms with E-state index in [-0.39, 0.29) is 11.4 Å². The second kappa shape index (κ2) is 4.03. The molecule has 0 fully saturated rings. The lowest BCUT2D eigenvalue weighted by Crippen LogP contribution is -2.14. The quantitative estimate of drug-likeness (QED) is 0.532. The van der Waals surface area contributed by atoms with Crippen molar-refractivity contribution in [2.24, 2.45) is 0 Å². The minimum Gasteiger partial charge on any atom is -0.354 e. The summed E-state index contributed by atoms with van der Waals surface area (Å²) in [7, 11) is 0. The molecule has 4 aromatic rings. The predicted octanol–water partition coefficient (Wildman–Crippen LogP) is 2.43. The molecule has 0 atom stereocenters. The summed E-state index contributed by atoms with van der Waals surface area (Å²) in [5.74, 6) is 0. The number of rotatable bonds is 0. The minimum atomic E-state index is 0.115. The van der Waals surface area contributed by atoms with E-state index in [9.17, 15) is 0 Å². The molecule has 4 rings (SSSR count). The zero-order valence-electron chi connectivity index (χ0n) is 10.8. The molecule has 2 heterocycles. The summed E-state index contributed by atoms with van der Waals surface area (Å²) >= 11 is 0. The molecule has 0 aliphatic rings. The average molecular weight is 270 g/mol. The maximum absolute atomic E-state index is 9.16. The van der Waals surface area contributed by atoms with Crippen LogP contribution < -0.4 is 4.98 Å². The molecule has 2 N–H and O–H groups in total. The molecule has 0 aliphatic heterocycles. The third-order valence-electron chi connectivity index (χ3n) is 3.59. The van der Waals surface area contributed by atoms with Gasteiger partial charge in [-0.1, -0.05) is 18.2 Å². The van der Waals surface area contributed by atoms with Crippen LogP contribution in [0.25, 0.3) is 32.8 Å². The first-order valence-corrected chi connectivity index (χ1v) is 6.38. The first-order valence-electron chi connectivity index (χ1n) is 6.38. The zero-order valence-corrected chi connectivity index (χ0v) is 10.8. The van der Waals surface area contributed by atoms with Gasteiger partial charge in [-0.3, -0.25) is 0 Å². The van der Waals surface area contributed by atoms with Crippen LogP contribution in [-0.4, -0.2) is 9.97 Å². The molecule has 21 heavy (non-hydrogen) atoms. The molecule has 0 aliphatic carbocycles. The summed E-state index contributed by atoms with van der Waals surface area (Å²) in [6.07, 6.45) is 0. The first-order chi connectivity index (χ1) is 10.3. The number of benzene rings is 2. The van der Waals surface area contributed by atoms with Gasteiger partial charge in [0.15, 0.2) is 6.07 Å². The Morgan fingerprint density at radius 3 is 2.67 bits per heavy atom. The van der Waals surface area contributed by atoms with E-state index in [0.29, 0.717) is 5.52 Å². The zero-order chi connectivity index (χ0) is 14.4. The van der Waals surface area contributed by atoms with Gasteiger partial charge in [-0.05, 0) is 18.2 Å². The molecule has 96 valence electrons. The Morgan fingerprint density at radius 1 is 1.00 bits per heavy atom. The van der Waals surface area contributed by atoms with Crippen LogP contribution in [0, 0.1) is 22.7 Å². The van der Waals surface area contributed by atoms with Crippen molar-refractivity contribution in [3.63, 3.8) is 0 Å². The molecule has 2 aromatic carbocycles.